The highest BCUT2D eigenvalue weighted by Crippen LogP contribution is 2.29. The average molecular weight is 403 g/mol. The van der Waals surface area contributed by atoms with Crippen LogP contribution in [0.25, 0.3) is 22.2 Å². The van der Waals surface area contributed by atoms with E-state index in [0.717, 1.165) is 5.56 Å². The third-order valence-electron chi connectivity index (χ3n) is 4.34. The molecule has 0 fully saturated rings. The first-order chi connectivity index (χ1) is 14.1. The number of carbonyl (C=O) groups excluding carboxylic acids is 2. The molecule has 0 spiro atoms. The Labute approximate surface area is 171 Å². The monoisotopic (exact) mass is 402 g/mol. The zero-order chi connectivity index (χ0) is 20.2. The summed E-state index contributed by atoms with van der Waals surface area (Å²) >= 11 is 6.31. The molecule has 0 aliphatic heterocycles. The third-order valence-corrected chi connectivity index (χ3v) is 4.67. The molecule has 4 aromatic rings. The lowest BCUT2D eigenvalue weighted by Crippen LogP contribution is -2.41. The van der Waals surface area contributed by atoms with Gasteiger partial charge in [-0.15, -0.1) is 0 Å². The van der Waals surface area contributed by atoms with Crippen LogP contribution in [0.1, 0.15) is 20.7 Å². The number of halogens is 1. The van der Waals surface area contributed by atoms with Crippen molar-refractivity contribution in [1.29, 1.82) is 0 Å². The lowest BCUT2D eigenvalue weighted by Gasteiger charge is -2.12. The molecule has 0 saturated heterocycles. The van der Waals surface area contributed by atoms with Crippen molar-refractivity contribution >= 4 is 34.3 Å². The molecule has 29 heavy (non-hydrogen) atoms. The van der Waals surface area contributed by atoms with E-state index in [9.17, 15) is 9.59 Å². The number of benzene rings is 2. The minimum atomic E-state index is -0.459. The lowest BCUT2D eigenvalue weighted by molar-refractivity contribution is 0.0847. The summed E-state index contributed by atoms with van der Waals surface area (Å²) in [4.78, 5) is 33.6. The Morgan fingerprint density at radius 3 is 2.31 bits per heavy atom. The van der Waals surface area contributed by atoms with Gasteiger partial charge < -0.3 is 0 Å². The van der Waals surface area contributed by atoms with Gasteiger partial charge in [0.05, 0.1) is 16.8 Å². The van der Waals surface area contributed by atoms with Crippen molar-refractivity contribution in [3.05, 3.63) is 95.3 Å². The number of nitrogens with one attached hydrogen (secondary N) is 2. The second kappa shape index (κ2) is 8.08. The van der Waals surface area contributed by atoms with E-state index in [1.54, 1.807) is 30.3 Å². The molecule has 6 nitrogen and oxygen atoms in total. The van der Waals surface area contributed by atoms with E-state index >= 15 is 0 Å². The predicted molar refractivity (Wildman–Crippen MR) is 111 cm³/mol. The number of amides is 2. The van der Waals surface area contributed by atoms with Gasteiger partial charge in [0.2, 0.25) is 0 Å². The Morgan fingerprint density at radius 1 is 0.828 bits per heavy atom. The van der Waals surface area contributed by atoms with Crippen molar-refractivity contribution in [2.75, 3.05) is 0 Å². The summed E-state index contributed by atoms with van der Waals surface area (Å²) in [6.07, 6.45) is 3.01. The van der Waals surface area contributed by atoms with Crippen LogP contribution in [-0.2, 0) is 0 Å². The number of carbonyl (C=O) groups is 2. The highest BCUT2D eigenvalue weighted by molar-refractivity contribution is 6.33. The smallest absolute Gasteiger partial charge is 0.267 e. The van der Waals surface area contributed by atoms with Crippen molar-refractivity contribution in [2.24, 2.45) is 0 Å². The number of nitrogens with zero attached hydrogens (tertiary/aromatic N) is 2. The van der Waals surface area contributed by atoms with Crippen LogP contribution in [0, 0.1) is 0 Å². The Kier molecular flexibility index (Phi) is 5.18. The quantitative estimate of drug-likeness (QED) is 0.507. The Bertz CT molecular complexity index is 1210. The van der Waals surface area contributed by atoms with E-state index in [1.807, 2.05) is 36.4 Å². The molecule has 2 heterocycles. The van der Waals surface area contributed by atoms with Gasteiger partial charge in [0.25, 0.3) is 11.8 Å². The van der Waals surface area contributed by atoms with Gasteiger partial charge in [0.1, 0.15) is 0 Å². The van der Waals surface area contributed by atoms with Crippen LogP contribution in [-0.4, -0.2) is 21.8 Å². The molecule has 0 bridgehead atoms. The first kappa shape index (κ1) is 18.6. The van der Waals surface area contributed by atoms with Crippen molar-refractivity contribution < 1.29 is 9.59 Å². The zero-order valence-corrected chi connectivity index (χ0v) is 15.9. The number of pyridine rings is 2. The molecule has 2 amide bonds. The summed E-state index contributed by atoms with van der Waals surface area (Å²) in [5, 5.41) is 1.20. The molecule has 0 atom stereocenters. The molecule has 0 unspecified atom stereocenters. The van der Waals surface area contributed by atoms with Crippen molar-refractivity contribution in [2.45, 2.75) is 0 Å². The average Bonchev–Trinajstić information content (AvgIpc) is 2.77. The molecule has 2 aromatic heterocycles. The number of hydrogen-bond donors (Lipinski definition) is 2. The van der Waals surface area contributed by atoms with Gasteiger partial charge in [0, 0.05) is 33.9 Å². The SMILES string of the molecule is O=C(NNC(=O)c1cc(-c2ccccc2Cl)nc2ccccc12)c1ccncc1. The summed E-state index contributed by atoms with van der Waals surface area (Å²) in [5.41, 5.74) is 7.58. The minimum absolute atomic E-state index is 0.376. The fourth-order valence-electron chi connectivity index (χ4n) is 2.93. The van der Waals surface area contributed by atoms with Gasteiger partial charge in [-0.3, -0.25) is 25.4 Å². The van der Waals surface area contributed by atoms with E-state index in [-0.39, 0.29) is 0 Å². The second-order valence-electron chi connectivity index (χ2n) is 6.20. The highest BCUT2D eigenvalue weighted by Gasteiger charge is 2.16. The van der Waals surface area contributed by atoms with Crippen molar-refractivity contribution in [3.8, 4) is 11.3 Å². The summed E-state index contributed by atoms with van der Waals surface area (Å²) < 4.78 is 0. The van der Waals surface area contributed by atoms with Crippen molar-refractivity contribution in [1.82, 2.24) is 20.8 Å². The fraction of sp³-hybridized carbons (Fsp3) is 0. The molecule has 0 radical (unpaired) electrons. The van der Waals surface area contributed by atoms with Crippen LogP contribution in [0.15, 0.2) is 79.1 Å². The highest BCUT2D eigenvalue weighted by atomic mass is 35.5. The van der Waals surface area contributed by atoms with E-state index < -0.39 is 11.8 Å². The van der Waals surface area contributed by atoms with Gasteiger partial charge >= 0.3 is 0 Å². The molecule has 4 rings (SSSR count). The molecule has 142 valence electrons. The topological polar surface area (TPSA) is 84.0 Å². The first-order valence-corrected chi connectivity index (χ1v) is 9.16. The summed E-state index contributed by atoms with van der Waals surface area (Å²) in [6.45, 7) is 0. The molecular weight excluding hydrogens is 388 g/mol. The fourth-order valence-corrected chi connectivity index (χ4v) is 3.16. The van der Waals surface area contributed by atoms with E-state index in [2.05, 4.69) is 20.8 Å². The second-order valence-corrected chi connectivity index (χ2v) is 6.60. The van der Waals surface area contributed by atoms with E-state index in [4.69, 9.17) is 11.6 Å². The zero-order valence-electron chi connectivity index (χ0n) is 15.1. The lowest BCUT2D eigenvalue weighted by atomic mass is 10.0. The predicted octanol–water partition coefficient (Wildman–Crippen LogP) is 4.03. The molecular formula is C22H15ClN4O2. The molecule has 0 saturated carbocycles. The molecule has 2 N–H and O–H groups in total. The van der Waals surface area contributed by atoms with Gasteiger partial charge in [-0.2, -0.15) is 0 Å². The summed E-state index contributed by atoms with van der Waals surface area (Å²) in [7, 11) is 0. The van der Waals surface area contributed by atoms with E-state index in [0.29, 0.717) is 32.7 Å². The number of fused-ring (bicyclic) bond motifs is 1. The Hall–Kier alpha value is -3.77. The van der Waals surface area contributed by atoms with E-state index in [1.165, 1.54) is 12.4 Å². The van der Waals surface area contributed by atoms with Crippen molar-refractivity contribution in [3.63, 3.8) is 0 Å². The van der Waals surface area contributed by atoms with Crippen LogP contribution in [0.4, 0.5) is 0 Å². The first-order valence-electron chi connectivity index (χ1n) is 8.79. The molecule has 0 aliphatic rings. The summed E-state index contributed by atoms with van der Waals surface area (Å²) in [6, 6.07) is 19.4. The molecule has 0 aliphatic carbocycles. The Morgan fingerprint density at radius 2 is 1.52 bits per heavy atom. The number of aromatic nitrogens is 2. The summed E-state index contributed by atoms with van der Waals surface area (Å²) in [5.74, 6) is -0.898. The Balaban J connectivity index is 1.68. The van der Waals surface area contributed by atoms with Crippen LogP contribution >= 0.6 is 11.6 Å². The minimum Gasteiger partial charge on any atom is -0.267 e. The van der Waals surface area contributed by atoms with Crippen LogP contribution < -0.4 is 10.9 Å². The third kappa shape index (κ3) is 3.93. The maximum atomic E-state index is 12.9. The largest absolute Gasteiger partial charge is 0.270 e. The van der Waals surface area contributed by atoms with Gasteiger partial charge in [-0.1, -0.05) is 48.0 Å². The maximum Gasteiger partial charge on any atom is 0.270 e. The normalized spacial score (nSPS) is 10.5. The number of hydrogen-bond acceptors (Lipinski definition) is 4. The molecule has 7 heteroatoms. The van der Waals surface area contributed by atoms with Gasteiger partial charge in [-0.25, -0.2) is 4.98 Å². The molecule has 2 aromatic carbocycles. The van der Waals surface area contributed by atoms with Crippen LogP contribution in [0.5, 0.6) is 0 Å². The number of para-hydroxylation sites is 1. The van der Waals surface area contributed by atoms with Crippen LogP contribution in [0.3, 0.4) is 0 Å². The van der Waals surface area contributed by atoms with Gasteiger partial charge in [-0.05, 0) is 30.3 Å². The standard InChI is InChI=1S/C22H15ClN4O2/c23-18-7-3-1-6-16(18)20-13-17(15-5-2-4-8-19(15)25-20)22(29)27-26-21(28)14-9-11-24-12-10-14/h1-13H,(H,26,28)(H,27,29). The number of hydrazine groups is 1. The maximum absolute atomic E-state index is 12.9. The number of rotatable bonds is 3. The van der Waals surface area contributed by atoms with Gasteiger partial charge in [0.15, 0.2) is 0 Å². The van der Waals surface area contributed by atoms with Crippen LogP contribution in [0.2, 0.25) is 5.02 Å².